The van der Waals surface area contributed by atoms with E-state index >= 15 is 0 Å². The van der Waals surface area contributed by atoms with Gasteiger partial charge < -0.3 is 58.5 Å². The van der Waals surface area contributed by atoms with Gasteiger partial charge in [0.25, 0.3) is 0 Å². The highest BCUT2D eigenvalue weighted by Crippen LogP contribution is 2.41. The number of rotatable bonds is 8. The van der Waals surface area contributed by atoms with Crippen molar-refractivity contribution in [3.8, 4) is 0 Å². The van der Waals surface area contributed by atoms with Gasteiger partial charge >= 0.3 is 5.97 Å². The highest BCUT2D eigenvalue weighted by molar-refractivity contribution is 5.83. The number of nitrogens with zero attached hydrogens (tertiary/aromatic N) is 1. The number of aliphatic hydroxyl groups excluding tert-OH is 3. The molecule has 52 heavy (non-hydrogen) atoms. The summed E-state index contributed by atoms with van der Waals surface area (Å²) < 4.78 is 43.3. The van der Waals surface area contributed by atoms with Crippen LogP contribution >= 0.6 is 0 Å². The van der Waals surface area contributed by atoms with E-state index in [2.05, 4.69) is 0 Å². The van der Waals surface area contributed by atoms with Crippen LogP contribution in [0.1, 0.15) is 94.9 Å². The molecule has 0 aliphatic carbocycles. The maximum absolute atomic E-state index is 14.2. The number of Topliss-reactive ketones (excluding diaryl/α,β-unsaturated/α-hetero) is 1. The zero-order chi connectivity index (χ0) is 39.7. The molecule has 3 rings (SSSR count). The Morgan fingerprint density at radius 2 is 1.48 bits per heavy atom. The van der Waals surface area contributed by atoms with Gasteiger partial charge in [0.05, 0.1) is 47.6 Å². The van der Waals surface area contributed by atoms with Gasteiger partial charge in [0.2, 0.25) is 0 Å². The molecule has 0 aromatic heterocycles. The molecule has 18 atom stereocenters. The van der Waals surface area contributed by atoms with E-state index in [-0.39, 0.29) is 37.2 Å². The molecule has 3 aliphatic heterocycles. The molecule has 0 unspecified atom stereocenters. The third kappa shape index (κ3) is 9.38. The Kier molecular flexibility index (Phi) is 15.3. The topological polar surface area (TPSA) is 183 Å². The lowest BCUT2D eigenvalue weighted by atomic mass is 9.74. The maximum Gasteiger partial charge on any atom is 0.311 e. The number of likely N-dealkylation sites (N-methyl/N-ethyl adjacent to an activating group) is 1. The molecule has 0 aromatic rings. The van der Waals surface area contributed by atoms with E-state index in [0.29, 0.717) is 6.42 Å². The standard InChI is InChI=1S/C38H69NO13/c1-15-26-38(10,47-14)31(42)21(4)28(40)19(2)17-36(8,45)33(52-35-29(41)25(39(11)12)16-20(3)48-35)22(5)30(23(6)34(44)50-26)51-27-18-37(9,46-13)32(43)24(7)49-27/h19-27,29-33,35,41-43,45H,15-18H2,1-14H3/t19-,20-,21-,22+,23-,24+,25+,26+,27+,29-,30+,31-,32+,33-,35+,36+,37-,38-/m1/s1. The minimum Gasteiger partial charge on any atom is -0.459 e. The molecule has 304 valence electrons. The molecule has 3 saturated heterocycles. The summed E-state index contributed by atoms with van der Waals surface area (Å²) in [5.41, 5.74) is -4.25. The van der Waals surface area contributed by atoms with Crippen molar-refractivity contribution in [2.24, 2.45) is 23.7 Å². The SMILES string of the molecule is CC[C@@H]1OC(=O)[C@H](C)[C@@H](O[C@H]2C[C@@](C)(OC)[C@@H](O)[C@H](C)O2)[C@H](C)[C@@H](O[C@@H]2O[C@H](C)C[C@H](N(C)C)[C@H]2O)[C@@](C)(O)C[C@@H](C)C(=O)[C@@H](C)[C@@H](O)[C@]1(C)OC. The first-order chi connectivity index (χ1) is 24.0. The Morgan fingerprint density at radius 3 is 2.02 bits per heavy atom. The van der Waals surface area contributed by atoms with E-state index in [1.807, 2.05) is 25.9 Å². The minimum atomic E-state index is -1.76. The smallest absolute Gasteiger partial charge is 0.311 e. The zero-order valence-corrected chi connectivity index (χ0v) is 33.9. The average molecular weight is 748 g/mol. The molecule has 3 aliphatic rings. The molecule has 0 saturated carbocycles. The van der Waals surface area contributed by atoms with E-state index in [9.17, 15) is 30.0 Å². The van der Waals surface area contributed by atoms with Crippen LogP contribution in [0.15, 0.2) is 0 Å². The van der Waals surface area contributed by atoms with Gasteiger partial charge in [-0.15, -0.1) is 0 Å². The number of cyclic esters (lactones) is 1. The second-order valence-electron chi connectivity index (χ2n) is 16.6. The lowest BCUT2D eigenvalue weighted by molar-refractivity contribution is -0.318. The van der Waals surface area contributed by atoms with E-state index < -0.39 is 102 Å². The Hall–Kier alpha value is -1.30. The number of carbonyl (C=O) groups is 2. The van der Waals surface area contributed by atoms with Gasteiger partial charge in [-0.05, 0) is 74.9 Å². The first-order valence-electron chi connectivity index (χ1n) is 18.9. The van der Waals surface area contributed by atoms with Crippen LogP contribution in [0.3, 0.4) is 0 Å². The molecule has 14 heteroatoms. The fourth-order valence-electron chi connectivity index (χ4n) is 8.64. The van der Waals surface area contributed by atoms with Crippen molar-refractivity contribution >= 4 is 11.8 Å². The third-order valence-corrected chi connectivity index (χ3v) is 12.2. The highest BCUT2D eigenvalue weighted by Gasteiger charge is 2.54. The van der Waals surface area contributed by atoms with Crippen molar-refractivity contribution in [1.82, 2.24) is 4.90 Å². The van der Waals surface area contributed by atoms with E-state index in [1.54, 1.807) is 62.3 Å². The van der Waals surface area contributed by atoms with Crippen LogP contribution in [0.4, 0.5) is 0 Å². The summed E-state index contributed by atoms with van der Waals surface area (Å²) >= 11 is 0. The van der Waals surface area contributed by atoms with Gasteiger partial charge in [-0.2, -0.15) is 0 Å². The number of methoxy groups -OCH3 is 2. The van der Waals surface area contributed by atoms with Crippen molar-refractivity contribution in [3.05, 3.63) is 0 Å². The number of ether oxygens (including phenoxy) is 7. The van der Waals surface area contributed by atoms with E-state index in [0.717, 1.165) is 0 Å². The van der Waals surface area contributed by atoms with Crippen LogP contribution in [-0.2, 0) is 42.7 Å². The summed E-state index contributed by atoms with van der Waals surface area (Å²) in [7, 11) is 6.62. The van der Waals surface area contributed by atoms with Gasteiger partial charge in [-0.25, -0.2) is 0 Å². The summed E-state index contributed by atoms with van der Waals surface area (Å²) in [5, 5.41) is 46.5. The van der Waals surface area contributed by atoms with E-state index in [1.165, 1.54) is 14.2 Å². The highest BCUT2D eigenvalue weighted by atomic mass is 16.7. The molecule has 0 aromatic carbocycles. The number of ketones is 1. The zero-order valence-electron chi connectivity index (χ0n) is 33.9. The van der Waals surface area contributed by atoms with Crippen molar-refractivity contribution in [2.45, 2.75) is 179 Å². The molecule has 14 nitrogen and oxygen atoms in total. The first-order valence-corrected chi connectivity index (χ1v) is 18.9. The van der Waals surface area contributed by atoms with Crippen LogP contribution in [0.25, 0.3) is 0 Å². The molecule has 0 bridgehead atoms. The quantitative estimate of drug-likeness (QED) is 0.266. The number of carbonyl (C=O) groups excluding carboxylic acids is 2. The molecule has 3 fully saturated rings. The lowest BCUT2D eigenvalue weighted by Crippen LogP contribution is -2.61. The van der Waals surface area contributed by atoms with Crippen LogP contribution in [0.5, 0.6) is 0 Å². The fourth-order valence-corrected chi connectivity index (χ4v) is 8.64. The molecule has 0 radical (unpaired) electrons. The minimum absolute atomic E-state index is 0.0925. The van der Waals surface area contributed by atoms with E-state index in [4.69, 9.17) is 33.2 Å². The molecule has 4 N–H and O–H groups in total. The van der Waals surface area contributed by atoms with Crippen LogP contribution < -0.4 is 0 Å². The number of hydrogen-bond acceptors (Lipinski definition) is 14. The van der Waals surface area contributed by atoms with Gasteiger partial charge in [-0.3, -0.25) is 9.59 Å². The van der Waals surface area contributed by atoms with Gasteiger partial charge in [0, 0.05) is 44.4 Å². The largest absolute Gasteiger partial charge is 0.459 e. The molecule has 0 spiro atoms. The summed E-state index contributed by atoms with van der Waals surface area (Å²) in [6, 6.07) is -0.312. The average Bonchev–Trinajstić information content (AvgIpc) is 3.08. The molecular weight excluding hydrogens is 678 g/mol. The molecular formula is C38H69NO13. The lowest BCUT2D eigenvalue weighted by Gasteiger charge is -2.49. The van der Waals surface area contributed by atoms with Crippen LogP contribution in [0, 0.1) is 23.7 Å². The first kappa shape index (κ1) is 45.1. The monoisotopic (exact) mass is 747 g/mol. The fraction of sp³-hybridized carbons (Fsp3) is 0.947. The summed E-state index contributed by atoms with van der Waals surface area (Å²) in [4.78, 5) is 30.1. The normalized spacial score (nSPS) is 49.0. The predicted octanol–water partition coefficient (Wildman–Crippen LogP) is 2.44. The molecule has 0 amide bonds. The Labute approximate surface area is 310 Å². The second-order valence-corrected chi connectivity index (χ2v) is 16.6. The third-order valence-electron chi connectivity index (χ3n) is 12.2. The Bertz CT molecular complexity index is 1190. The van der Waals surface area contributed by atoms with Gasteiger partial charge in [-0.1, -0.05) is 27.7 Å². The summed E-state index contributed by atoms with van der Waals surface area (Å²) in [5.74, 6) is -4.52. The number of aliphatic hydroxyl groups is 4. The van der Waals surface area contributed by atoms with Crippen LogP contribution in [-0.4, -0.2) is 150 Å². The second kappa shape index (κ2) is 17.7. The van der Waals surface area contributed by atoms with Crippen LogP contribution in [0.2, 0.25) is 0 Å². The van der Waals surface area contributed by atoms with Crippen molar-refractivity contribution < 1.29 is 63.2 Å². The van der Waals surface area contributed by atoms with Gasteiger partial charge in [0.1, 0.15) is 29.7 Å². The predicted molar refractivity (Wildman–Crippen MR) is 191 cm³/mol. The van der Waals surface area contributed by atoms with Crippen molar-refractivity contribution in [2.75, 3.05) is 28.3 Å². The number of esters is 1. The number of hydrogen-bond donors (Lipinski definition) is 4. The maximum atomic E-state index is 14.2. The summed E-state index contributed by atoms with van der Waals surface area (Å²) in [6.07, 6.45) is -8.87. The Morgan fingerprint density at radius 1 is 0.865 bits per heavy atom. The molecule has 3 heterocycles. The van der Waals surface area contributed by atoms with Crippen molar-refractivity contribution in [3.63, 3.8) is 0 Å². The Balaban J connectivity index is 2.20. The van der Waals surface area contributed by atoms with Gasteiger partial charge in [0.15, 0.2) is 12.6 Å². The summed E-state index contributed by atoms with van der Waals surface area (Å²) in [6.45, 7) is 17.0. The van der Waals surface area contributed by atoms with Crippen molar-refractivity contribution in [1.29, 1.82) is 0 Å².